The molecule has 35 heavy (non-hydrogen) atoms. The van der Waals surface area contributed by atoms with Gasteiger partial charge < -0.3 is 34.1 Å². The highest BCUT2D eigenvalue weighted by Gasteiger charge is 2.50. The number of aliphatic hydroxyl groups is 1. The molecule has 1 amide bonds. The molecule has 2 aromatic rings. The van der Waals surface area contributed by atoms with Crippen molar-refractivity contribution in [1.29, 1.82) is 0 Å². The van der Waals surface area contributed by atoms with E-state index in [0.717, 1.165) is 11.1 Å². The maximum Gasteiger partial charge on any atom is 0.217 e. The molecule has 1 aliphatic heterocycles. The van der Waals surface area contributed by atoms with Gasteiger partial charge in [0.1, 0.15) is 30.5 Å². The smallest absolute Gasteiger partial charge is 0.217 e. The van der Waals surface area contributed by atoms with Crippen molar-refractivity contribution in [3.63, 3.8) is 0 Å². The molecule has 0 unspecified atom stereocenters. The van der Waals surface area contributed by atoms with E-state index in [-0.39, 0.29) is 32.3 Å². The molecule has 0 saturated carbocycles. The summed E-state index contributed by atoms with van der Waals surface area (Å²) in [6.45, 7) is 5.89. The fourth-order valence-corrected chi connectivity index (χ4v) is 4.05. The van der Waals surface area contributed by atoms with Crippen molar-refractivity contribution in [1.82, 2.24) is 5.32 Å². The summed E-state index contributed by atoms with van der Waals surface area (Å²) >= 11 is 0. The largest absolute Gasteiger partial charge is 0.388 e. The minimum Gasteiger partial charge on any atom is -0.388 e. The van der Waals surface area contributed by atoms with Gasteiger partial charge in [0.05, 0.1) is 26.4 Å². The zero-order valence-corrected chi connectivity index (χ0v) is 20.2. The van der Waals surface area contributed by atoms with E-state index < -0.39 is 36.7 Å². The van der Waals surface area contributed by atoms with Crippen LogP contribution >= 0.6 is 0 Å². The highest BCUT2D eigenvalue weighted by atomic mass is 16.7. The predicted molar refractivity (Wildman–Crippen MR) is 130 cm³/mol. The first-order valence-corrected chi connectivity index (χ1v) is 11.7. The van der Waals surface area contributed by atoms with E-state index >= 15 is 0 Å². The van der Waals surface area contributed by atoms with E-state index in [1.165, 1.54) is 14.0 Å². The molecule has 8 nitrogen and oxygen atoms in total. The number of nitrogens with one attached hydrogen (secondary N) is 1. The van der Waals surface area contributed by atoms with Crippen LogP contribution in [0.1, 0.15) is 18.1 Å². The summed E-state index contributed by atoms with van der Waals surface area (Å²) in [6.07, 6.45) is -2.54. The summed E-state index contributed by atoms with van der Waals surface area (Å²) in [7, 11) is 1.48. The Balaban J connectivity index is 1.89. The maximum absolute atomic E-state index is 12.1. The molecule has 0 aromatic heterocycles. The van der Waals surface area contributed by atoms with E-state index in [9.17, 15) is 9.90 Å². The van der Waals surface area contributed by atoms with E-state index in [0.29, 0.717) is 0 Å². The van der Waals surface area contributed by atoms with E-state index in [4.69, 9.17) is 23.7 Å². The molecule has 1 fully saturated rings. The molecule has 8 heteroatoms. The number of carbonyl (C=O) groups excluding carboxylic acids is 1. The Morgan fingerprint density at radius 3 is 2.14 bits per heavy atom. The lowest BCUT2D eigenvalue weighted by atomic mass is 9.92. The van der Waals surface area contributed by atoms with Gasteiger partial charge in [0, 0.05) is 14.0 Å². The molecule has 1 saturated heterocycles. The predicted octanol–water partition coefficient (Wildman–Crippen LogP) is 2.60. The van der Waals surface area contributed by atoms with Crippen molar-refractivity contribution in [2.45, 2.75) is 56.9 Å². The number of rotatable bonds is 13. The third-order valence-electron chi connectivity index (χ3n) is 5.66. The van der Waals surface area contributed by atoms with Gasteiger partial charge >= 0.3 is 0 Å². The Morgan fingerprint density at radius 1 is 1.06 bits per heavy atom. The van der Waals surface area contributed by atoms with Gasteiger partial charge in [0.25, 0.3) is 0 Å². The van der Waals surface area contributed by atoms with Crippen LogP contribution in [0.5, 0.6) is 0 Å². The van der Waals surface area contributed by atoms with E-state index in [2.05, 4.69) is 11.9 Å². The van der Waals surface area contributed by atoms with Crippen LogP contribution < -0.4 is 5.32 Å². The van der Waals surface area contributed by atoms with Gasteiger partial charge in [-0.05, 0) is 11.1 Å². The number of ether oxygens (including phenoxy) is 5. The summed E-state index contributed by atoms with van der Waals surface area (Å²) in [6, 6.07) is 18.7. The van der Waals surface area contributed by atoms with Crippen LogP contribution in [0.3, 0.4) is 0 Å². The summed E-state index contributed by atoms with van der Waals surface area (Å²) in [4.78, 5) is 12.1. The summed E-state index contributed by atoms with van der Waals surface area (Å²) in [5.41, 5.74) is 1.91. The highest BCUT2D eigenvalue weighted by molar-refractivity contribution is 5.73. The molecular weight excluding hydrogens is 450 g/mol. The quantitative estimate of drug-likeness (QED) is 0.333. The summed E-state index contributed by atoms with van der Waals surface area (Å²) in [5, 5.41) is 13.9. The van der Waals surface area contributed by atoms with Gasteiger partial charge in [-0.1, -0.05) is 66.7 Å². The number of amides is 1. The molecule has 1 heterocycles. The molecule has 0 bridgehead atoms. The fourth-order valence-electron chi connectivity index (χ4n) is 4.05. The number of aliphatic hydroxyl groups excluding tert-OH is 1. The van der Waals surface area contributed by atoms with Crippen molar-refractivity contribution >= 4 is 5.91 Å². The Morgan fingerprint density at radius 2 is 1.63 bits per heavy atom. The standard InChI is InChI=1S/C27H35NO7/c1-4-15-32-18-22(30)24-26(34-17-21-13-9-6-10-14-21)25(33-16-20-11-7-5-8-12-20)23(28-19(2)29)27(31-3)35-24/h4-14,22-27,30H,1,15-18H2,2-3H3,(H,28,29)/t22-,23-,24-,25-,26-,27-/m1/s1. The van der Waals surface area contributed by atoms with Crippen LogP contribution in [-0.4, -0.2) is 68.1 Å². The van der Waals surface area contributed by atoms with Gasteiger partial charge in [0.15, 0.2) is 6.29 Å². The lowest BCUT2D eigenvalue weighted by molar-refractivity contribution is -0.295. The molecule has 3 rings (SSSR count). The second-order valence-corrected chi connectivity index (χ2v) is 8.35. The van der Waals surface area contributed by atoms with Gasteiger partial charge in [-0.2, -0.15) is 0 Å². The second-order valence-electron chi connectivity index (χ2n) is 8.35. The zero-order valence-electron chi connectivity index (χ0n) is 20.2. The van der Waals surface area contributed by atoms with Crippen LogP contribution in [0.25, 0.3) is 0 Å². The molecular formula is C27H35NO7. The monoisotopic (exact) mass is 485 g/mol. The molecule has 0 aliphatic carbocycles. The molecule has 0 spiro atoms. The number of methoxy groups -OCH3 is 1. The normalized spacial score (nSPS) is 25.1. The first-order chi connectivity index (χ1) is 17.0. The van der Waals surface area contributed by atoms with Crippen molar-refractivity contribution < 1.29 is 33.6 Å². The third-order valence-corrected chi connectivity index (χ3v) is 5.66. The Kier molecular flexibility index (Phi) is 10.9. The molecule has 1 aliphatic rings. The van der Waals surface area contributed by atoms with Crippen molar-refractivity contribution in [3.05, 3.63) is 84.4 Å². The van der Waals surface area contributed by atoms with Gasteiger partial charge in [-0.25, -0.2) is 0 Å². The van der Waals surface area contributed by atoms with Gasteiger partial charge in [-0.15, -0.1) is 6.58 Å². The van der Waals surface area contributed by atoms with Crippen LogP contribution in [0.4, 0.5) is 0 Å². The highest BCUT2D eigenvalue weighted by Crippen LogP contribution is 2.30. The van der Waals surface area contributed by atoms with E-state index in [1.54, 1.807) is 6.08 Å². The first-order valence-electron chi connectivity index (χ1n) is 11.7. The average molecular weight is 486 g/mol. The molecule has 190 valence electrons. The van der Waals surface area contributed by atoms with Crippen LogP contribution in [0, 0.1) is 0 Å². The van der Waals surface area contributed by atoms with Crippen molar-refractivity contribution in [2.75, 3.05) is 20.3 Å². The number of hydrogen-bond acceptors (Lipinski definition) is 7. The molecule has 2 N–H and O–H groups in total. The van der Waals surface area contributed by atoms with Crippen LogP contribution in [0.2, 0.25) is 0 Å². The van der Waals surface area contributed by atoms with Crippen LogP contribution in [0.15, 0.2) is 73.3 Å². The fraction of sp³-hybridized carbons (Fsp3) is 0.444. The number of hydrogen-bond donors (Lipinski definition) is 2. The topological polar surface area (TPSA) is 95.5 Å². The average Bonchev–Trinajstić information content (AvgIpc) is 2.87. The Bertz CT molecular complexity index is 895. The van der Waals surface area contributed by atoms with Gasteiger partial charge in [-0.3, -0.25) is 4.79 Å². The van der Waals surface area contributed by atoms with Gasteiger partial charge in [0.2, 0.25) is 5.91 Å². The number of benzene rings is 2. The minimum absolute atomic E-state index is 0.00846. The maximum atomic E-state index is 12.1. The Hall–Kier alpha value is -2.59. The van der Waals surface area contributed by atoms with E-state index in [1.807, 2.05) is 60.7 Å². The third kappa shape index (κ3) is 7.96. The lowest BCUT2D eigenvalue weighted by Gasteiger charge is -2.47. The summed E-state index contributed by atoms with van der Waals surface area (Å²) < 4.78 is 29.8. The molecule has 6 atom stereocenters. The second kappa shape index (κ2) is 14.1. The minimum atomic E-state index is -1.03. The van der Waals surface area contributed by atoms with Crippen molar-refractivity contribution in [3.8, 4) is 0 Å². The first kappa shape index (κ1) is 27.0. The van der Waals surface area contributed by atoms with Crippen molar-refractivity contribution in [2.24, 2.45) is 0 Å². The molecule has 2 aromatic carbocycles. The molecule has 0 radical (unpaired) electrons. The SMILES string of the molecule is C=CCOC[C@@H](O)[C@H]1O[C@@H](OC)[C@H](NC(C)=O)[C@@H](OCc2ccccc2)[C@@H]1OCc1ccccc1. The summed E-state index contributed by atoms with van der Waals surface area (Å²) in [5.74, 6) is -0.260. The number of carbonyl (C=O) groups is 1. The Labute approximate surface area is 206 Å². The van der Waals surface area contributed by atoms with Crippen LogP contribution in [-0.2, 0) is 41.7 Å². The lowest BCUT2D eigenvalue weighted by Crippen LogP contribution is -2.67. The zero-order chi connectivity index (χ0) is 25.0.